The Balaban J connectivity index is 2.06. The maximum atomic E-state index is 9.17. The van der Waals surface area contributed by atoms with E-state index in [9.17, 15) is 0 Å². The second-order valence-electron chi connectivity index (χ2n) is 4.88. The van der Waals surface area contributed by atoms with Crippen molar-refractivity contribution in [3.05, 3.63) is 0 Å². The lowest BCUT2D eigenvalue weighted by atomic mass is 9.82. The van der Waals surface area contributed by atoms with E-state index in [-0.39, 0.29) is 6.10 Å². The summed E-state index contributed by atoms with van der Waals surface area (Å²) >= 11 is 0. The number of hydrogen-bond acceptors (Lipinski definition) is 3. The highest BCUT2D eigenvalue weighted by molar-refractivity contribution is 4.80. The molecule has 1 aliphatic carbocycles. The quantitative estimate of drug-likeness (QED) is 0.657. The van der Waals surface area contributed by atoms with E-state index in [1.807, 2.05) is 7.05 Å². The zero-order valence-electron chi connectivity index (χ0n) is 9.66. The van der Waals surface area contributed by atoms with Crippen LogP contribution in [0.1, 0.15) is 19.8 Å². The zero-order chi connectivity index (χ0) is 10.6. The van der Waals surface area contributed by atoms with Crippen LogP contribution < -0.4 is 5.32 Å². The van der Waals surface area contributed by atoms with Crippen LogP contribution in [0.3, 0.4) is 0 Å². The van der Waals surface area contributed by atoms with Crippen LogP contribution in [-0.4, -0.2) is 49.8 Å². The minimum Gasteiger partial charge on any atom is -0.393 e. The van der Waals surface area contributed by atoms with E-state index in [1.54, 1.807) is 0 Å². The zero-order valence-corrected chi connectivity index (χ0v) is 9.66. The molecule has 14 heavy (non-hydrogen) atoms. The van der Waals surface area contributed by atoms with Crippen LogP contribution in [0.5, 0.6) is 0 Å². The normalized spacial score (nSPS) is 28.9. The highest BCUT2D eigenvalue weighted by Crippen LogP contribution is 2.27. The van der Waals surface area contributed by atoms with E-state index >= 15 is 0 Å². The molecule has 1 rings (SSSR count). The highest BCUT2D eigenvalue weighted by atomic mass is 16.3. The predicted molar refractivity (Wildman–Crippen MR) is 59.3 cm³/mol. The number of nitrogens with zero attached hydrogens (tertiary/aromatic N) is 1. The number of aliphatic hydroxyl groups is 1. The van der Waals surface area contributed by atoms with Gasteiger partial charge in [-0.25, -0.2) is 0 Å². The monoisotopic (exact) mass is 200 g/mol. The Bertz CT molecular complexity index is 151. The van der Waals surface area contributed by atoms with Gasteiger partial charge in [-0.3, -0.25) is 0 Å². The molecule has 0 aromatic rings. The van der Waals surface area contributed by atoms with Crippen molar-refractivity contribution < 1.29 is 5.11 Å². The van der Waals surface area contributed by atoms with Gasteiger partial charge in [0.25, 0.3) is 0 Å². The number of hydrogen-bond donors (Lipinski definition) is 2. The predicted octanol–water partition coefficient (Wildman–Crippen LogP) is 0.545. The molecule has 1 fully saturated rings. The molecule has 0 bridgehead atoms. The van der Waals surface area contributed by atoms with Crippen LogP contribution in [0.15, 0.2) is 0 Å². The summed E-state index contributed by atoms with van der Waals surface area (Å²) in [5.74, 6) is 1.44. The molecule has 0 aliphatic heterocycles. The fourth-order valence-electron chi connectivity index (χ4n) is 2.31. The molecular formula is C11H24N2O. The molecule has 1 atom stereocenters. The van der Waals surface area contributed by atoms with Crippen molar-refractivity contribution >= 4 is 0 Å². The van der Waals surface area contributed by atoms with Crippen LogP contribution >= 0.6 is 0 Å². The molecule has 84 valence electrons. The maximum absolute atomic E-state index is 9.17. The third-order valence-electron chi connectivity index (χ3n) is 2.96. The van der Waals surface area contributed by atoms with Gasteiger partial charge in [-0.2, -0.15) is 0 Å². The van der Waals surface area contributed by atoms with Crippen LogP contribution in [0, 0.1) is 11.8 Å². The molecule has 1 saturated carbocycles. The van der Waals surface area contributed by atoms with Crippen LogP contribution in [0.4, 0.5) is 0 Å². The molecular weight excluding hydrogens is 176 g/mol. The highest BCUT2D eigenvalue weighted by Gasteiger charge is 2.27. The van der Waals surface area contributed by atoms with Crippen molar-refractivity contribution in [1.82, 2.24) is 10.2 Å². The summed E-state index contributed by atoms with van der Waals surface area (Å²) in [6.07, 6.45) is 2.00. The molecule has 3 nitrogen and oxygen atoms in total. The van der Waals surface area contributed by atoms with Crippen molar-refractivity contribution in [2.24, 2.45) is 11.8 Å². The fraction of sp³-hybridized carbons (Fsp3) is 1.00. The van der Waals surface area contributed by atoms with Gasteiger partial charge in [-0.1, -0.05) is 6.92 Å². The number of nitrogens with one attached hydrogen (secondary N) is 1. The Labute approximate surface area is 87.5 Å². The Morgan fingerprint density at radius 3 is 2.64 bits per heavy atom. The van der Waals surface area contributed by atoms with E-state index < -0.39 is 0 Å². The number of rotatable bonds is 6. The molecule has 0 aromatic carbocycles. The van der Waals surface area contributed by atoms with Gasteiger partial charge < -0.3 is 15.3 Å². The summed E-state index contributed by atoms with van der Waals surface area (Å²) in [4.78, 5) is 2.39. The van der Waals surface area contributed by atoms with Gasteiger partial charge in [0, 0.05) is 13.1 Å². The van der Waals surface area contributed by atoms with Gasteiger partial charge in [0.2, 0.25) is 0 Å². The average Bonchev–Trinajstić information content (AvgIpc) is 2.01. The van der Waals surface area contributed by atoms with Crippen LogP contribution in [-0.2, 0) is 0 Å². The van der Waals surface area contributed by atoms with E-state index in [4.69, 9.17) is 5.11 Å². The first kappa shape index (κ1) is 12.0. The lowest BCUT2D eigenvalue weighted by Gasteiger charge is -2.35. The molecule has 3 heteroatoms. The maximum Gasteiger partial charge on any atom is 0.0546 e. The second-order valence-corrected chi connectivity index (χ2v) is 4.88. The fourth-order valence-corrected chi connectivity index (χ4v) is 2.31. The Kier molecular flexibility index (Phi) is 4.85. The van der Waals surface area contributed by atoms with Crippen molar-refractivity contribution in [2.45, 2.75) is 25.9 Å². The van der Waals surface area contributed by atoms with Crippen molar-refractivity contribution in [2.75, 3.05) is 33.7 Å². The Morgan fingerprint density at radius 2 is 2.14 bits per heavy atom. The van der Waals surface area contributed by atoms with Crippen LogP contribution in [0.25, 0.3) is 0 Å². The van der Waals surface area contributed by atoms with Gasteiger partial charge in [0.15, 0.2) is 0 Å². The third-order valence-corrected chi connectivity index (χ3v) is 2.96. The molecule has 0 amide bonds. The van der Waals surface area contributed by atoms with Crippen molar-refractivity contribution in [3.63, 3.8) is 0 Å². The van der Waals surface area contributed by atoms with E-state index in [1.165, 1.54) is 0 Å². The van der Waals surface area contributed by atoms with Crippen LogP contribution in [0.2, 0.25) is 0 Å². The molecule has 1 aliphatic rings. The summed E-state index contributed by atoms with van der Waals surface area (Å²) in [6, 6.07) is 0. The van der Waals surface area contributed by atoms with Crippen molar-refractivity contribution in [1.29, 1.82) is 0 Å². The summed E-state index contributed by atoms with van der Waals surface area (Å²) in [5, 5.41) is 12.4. The van der Waals surface area contributed by atoms with E-state index in [2.05, 4.69) is 24.2 Å². The first-order valence-corrected chi connectivity index (χ1v) is 5.63. The standard InChI is InChI=1S/C11H24N2O/c1-9(6-12-2)7-13(3)8-10-4-11(14)5-10/h9-12,14H,4-8H2,1-3H3. The van der Waals surface area contributed by atoms with Gasteiger partial charge in [0.1, 0.15) is 0 Å². The lowest BCUT2D eigenvalue weighted by molar-refractivity contribution is 0.0268. The molecule has 0 aromatic heterocycles. The van der Waals surface area contributed by atoms with Gasteiger partial charge in [0.05, 0.1) is 6.10 Å². The average molecular weight is 200 g/mol. The molecule has 0 heterocycles. The van der Waals surface area contributed by atoms with Gasteiger partial charge in [-0.05, 0) is 45.3 Å². The van der Waals surface area contributed by atoms with Crippen molar-refractivity contribution in [3.8, 4) is 0 Å². The summed E-state index contributed by atoms with van der Waals surface area (Å²) < 4.78 is 0. The van der Waals surface area contributed by atoms with Gasteiger partial charge in [-0.15, -0.1) is 0 Å². The summed E-state index contributed by atoms with van der Waals surface area (Å²) in [6.45, 7) is 5.64. The number of aliphatic hydroxyl groups excluding tert-OH is 1. The minimum absolute atomic E-state index is 0.0110. The molecule has 0 saturated heterocycles. The molecule has 0 radical (unpaired) electrons. The molecule has 1 unspecified atom stereocenters. The topological polar surface area (TPSA) is 35.5 Å². The first-order valence-electron chi connectivity index (χ1n) is 5.63. The third kappa shape index (κ3) is 3.95. The second kappa shape index (κ2) is 5.69. The first-order chi connectivity index (χ1) is 6.61. The Hall–Kier alpha value is -0.120. The van der Waals surface area contributed by atoms with E-state index in [0.29, 0.717) is 5.92 Å². The Morgan fingerprint density at radius 1 is 1.50 bits per heavy atom. The lowest BCUT2D eigenvalue weighted by Crippen LogP contribution is -2.39. The minimum atomic E-state index is -0.0110. The molecule has 2 N–H and O–H groups in total. The SMILES string of the molecule is CNCC(C)CN(C)CC1CC(O)C1. The van der Waals surface area contributed by atoms with E-state index in [0.717, 1.165) is 38.4 Å². The summed E-state index contributed by atoms with van der Waals surface area (Å²) in [7, 11) is 4.18. The smallest absolute Gasteiger partial charge is 0.0546 e. The summed E-state index contributed by atoms with van der Waals surface area (Å²) in [5.41, 5.74) is 0. The van der Waals surface area contributed by atoms with Gasteiger partial charge >= 0.3 is 0 Å². The largest absolute Gasteiger partial charge is 0.393 e. The molecule has 0 spiro atoms.